The fraction of sp³-hybridized carbons (Fsp3) is 0. The van der Waals surface area contributed by atoms with E-state index in [0.717, 1.165) is 10.0 Å². The first-order valence-electron chi connectivity index (χ1n) is 4.19. The van der Waals surface area contributed by atoms with E-state index in [1.165, 1.54) is 23.5 Å². The van der Waals surface area contributed by atoms with Crippen molar-refractivity contribution in [3.63, 3.8) is 0 Å². The molecule has 76 valence electrons. The van der Waals surface area contributed by atoms with Gasteiger partial charge in [0.05, 0.1) is 0 Å². The van der Waals surface area contributed by atoms with Gasteiger partial charge in [0.25, 0.3) is 0 Å². The molecular weight excluding hydrogens is 279 g/mol. The van der Waals surface area contributed by atoms with E-state index in [1.54, 1.807) is 6.07 Å². The number of halogens is 2. The van der Waals surface area contributed by atoms with E-state index in [2.05, 4.69) is 15.9 Å². The first kappa shape index (κ1) is 10.5. The molecule has 2 aromatic rings. The van der Waals surface area contributed by atoms with Crippen LogP contribution in [0.3, 0.4) is 0 Å². The maximum atomic E-state index is 13.5. The number of benzene rings is 1. The molecular formula is C11H6BrFOS. The Hall–Kier alpha value is -1.00. The summed E-state index contributed by atoms with van der Waals surface area (Å²) < 4.78 is 14.4. The van der Waals surface area contributed by atoms with E-state index >= 15 is 0 Å². The van der Waals surface area contributed by atoms with Gasteiger partial charge in [-0.3, -0.25) is 4.79 Å². The Morgan fingerprint density at radius 1 is 1.27 bits per heavy atom. The van der Waals surface area contributed by atoms with Gasteiger partial charge in [0, 0.05) is 26.5 Å². The first-order chi connectivity index (χ1) is 7.22. The van der Waals surface area contributed by atoms with E-state index in [0.29, 0.717) is 17.4 Å². The molecule has 0 N–H and O–H groups in total. The first-order valence-corrected chi connectivity index (χ1v) is 5.92. The SMILES string of the molecule is O=Cc1ccc(F)c(-c2cscc2Br)c1. The Kier molecular flexibility index (Phi) is 2.98. The standard InChI is InChI=1S/C11H6BrFOS/c12-10-6-15-5-9(10)8-3-7(4-14)1-2-11(8)13/h1-6H. The van der Waals surface area contributed by atoms with Crippen molar-refractivity contribution in [3.05, 3.63) is 44.8 Å². The van der Waals surface area contributed by atoms with Gasteiger partial charge in [-0.25, -0.2) is 4.39 Å². The molecule has 4 heteroatoms. The molecule has 0 aliphatic carbocycles. The number of rotatable bonds is 2. The van der Waals surface area contributed by atoms with Crippen LogP contribution < -0.4 is 0 Å². The Morgan fingerprint density at radius 2 is 2.07 bits per heavy atom. The average molecular weight is 285 g/mol. The zero-order valence-electron chi connectivity index (χ0n) is 7.54. The lowest BCUT2D eigenvalue weighted by Crippen LogP contribution is -1.87. The van der Waals surface area contributed by atoms with Crippen LogP contribution in [0.25, 0.3) is 11.1 Å². The molecule has 0 radical (unpaired) electrons. The summed E-state index contributed by atoms with van der Waals surface area (Å²) in [7, 11) is 0. The molecule has 0 aliphatic rings. The third-order valence-electron chi connectivity index (χ3n) is 2.03. The lowest BCUT2D eigenvalue weighted by atomic mass is 10.1. The molecule has 0 atom stereocenters. The highest BCUT2D eigenvalue weighted by Crippen LogP contribution is 2.33. The van der Waals surface area contributed by atoms with Crippen LogP contribution in [0.2, 0.25) is 0 Å². The van der Waals surface area contributed by atoms with Gasteiger partial charge in [-0.1, -0.05) is 0 Å². The van der Waals surface area contributed by atoms with Crippen LogP contribution in [0, 0.1) is 5.82 Å². The molecule has 1 aromatic heterocycles. The van der Waals surface area contributed by atoms with Crippen molar-refractivity contribution in [3.8, 4) is 11.1 Å². The third kappa shape index (κ3) is 2.01. The molecule has 0 saturated heterocycles. The molecule has 0 saturated carbocycles. The van der Waals surface area contributed by atoms with Crippen LogP contribution in [-0.2, 0) is 0 Å². The third-order valence-corrected chi connectivity index (χ3v) is 3.73. The minimum absolute atomic E-state index is 0.320. The van der Waals surface area contributed by atoms with Crippen LogP contribution >= 0.6 is 27.3 Å². The minimum Gasteiger partial charge on any atom is -0.298 e. The summed E-state index contributed by atoms with van der Waals surface area (Å²) in [6.07, 6.45) is 0.712. The van der Waals surface area contributed by atoms with Crippen molar-refractivity contribution in [2.45, 2.75) is 0 Å². The summed E-state index contributed by atoms with van der Waals surface area (Å²) >= 11 is 4.82. The highest BCUT2D eigenvalue weighted by molar-refractivity contribution is 9.10. The topological polar surface area (TPSA) is 17.1 Å². The second-order valence-corrected chi connectivity index (χ2v) is 4.59. The van der Waals surface area contributed by atoms with Crippen LogP contribution in [0.15, 0.2) is 33.4 Å². The van der Waals surface area contributed by atoms with Gasteiger partial charge in [-0.05, 0) is 39.5 Å². The molecule has 1 nitrogen and oxygen atoms in total. The Morgan fingerprint density at radius 3 is 2.67 bits per heavy atom. The van der Waals surface area contributed by atoms with Crippen LogP contribution in [0.5, 0.6) is 0 Å². The quantitative estimate of drug-likeness (QED) is 0.758. The van der Waals surface area contributed by atoms with Gasteiger partial charge in [0.15, 0.2) is 0 Å². The van der Waals surface area contributed by atoms with E-state index in [9.17, 15) is 9.18 Å². The summed E-state index contributed by atoms with van der Waals surface area (Å²) in [6, 6.07) is 4.32. The summed E-state index contributed by atoms with van der Waals surface area (Å²) in [5.74, 6) is -0.320. The van der Waals surface area contributed by atoms with Crippen molar-refractivity contribution >= 4 is 33.6 Å². The Bertz CT molecular complexity index is 507. The lowest BCUT2D eigenvalue weighted by molar-refractivity contribution is 0.112. The number of aldehydes is 1. The maximum Gasteiger partial charge on any atom is 0.150 e. The second-order valence-electron chi connectivity index (χ2n) is 2.99. The Labute approximate surface area is 98.7 Å². The van der Waals surface area contributed by atoms with Gasteiger partial charge >= 0.3 is 0 Å². The van der Waals surface area contributed by atoms with E-state index in [4.69, 9.17) is 0 Å². The van der Waals surface area contributed by atoms with Gasteiger partial charge in [0.1, 0.15) is 12.1 Å². The molecule has 0 amide bonds. The van der Waals surface area contributed by atoms with Crippen molar-refractivity contribution in [1.29, 1.82) is 0 Å². The predicted molar refractivity (Wildman–Crippen MR) is 62.8 cm³/mol. The molecule has 15 heavy (non-hydrogen) atoms. The number of carbonyl (C=O) groups excluding carboxylic acids is 1. The molecule has 0 unspecified atom stereocenters. The summed E-state index contributed by atoms with van der Waals surface area (Å²) in [5.41, 5.74) is 1.71. The lowest BCUT2D eigenvalue weighted by Gasteiger charge is -2.02. The Balaban J connectivity index is 2.61. The maximum absolute atomic E-state index is 13.5. The fourth-order valence-corrected chi connectivity index (χ4v) is 2.80. The van der Waals surface area contributed by atoms with Crippen molar-refractivity contribution in [2.24, 2.45) is 0 Å². The molecule has 0 fully saturated rings. The van der Waals surface area contributed by atoms with E-state index in [-0.39, 0.29) is 5.82 Å². The highest BCUT2D eigenvalue weighted by Gasteiger charge is 2.10. The smallest absolute Gasteiger partial charge is 0.150 e. The number of hydrogen-bond donors (Lipinski definition) is 0. The fourth-order valence-electron chi connectivity index (χ4n) is 1.30. The second kappa shape index (κ2) is 4.24. The van der Waals surface area contributed by atoms with Crippen molar-refractivity contribution in [1.82, 2.24) is 0 Å². The molecule has 0 spiro atoms. The number of carbonyl (C=O) groups is 1. The van der Waals surface area contributed by atoms with Gasteiger partial charge in [-0.15, -0.1) is 0 Å². The monoisotopic (exact) mass is 284 g/mol. The van der Waals surface area contributed by atoms with Crippen LogP contribution in [0.4, 0.5) is 4.39 Å². The summed E-state index contributed by atoms with van der Waals surface area (Å²) in [5, 5.41) is 3.72. The predicted octanol–water partition coefficient (Wildman–Crippen LogP) is 4.13. The van der Waals surface area contributed by atoms with E-state index < -0.39 is 0 Å². The summed E-state index contributed by atoms with van der Waals surface area (Å²) in [6.45, 7) is 0. The minimum atomic E-state index is -0.320. The zero-order valence-corrected chi connectivity index (χ0v) is 9.94. The van der Waals surface area contributed by atoms with Gasteiger partial charge in [0.2, 0.25) is 0 Å². The highest BCUT2D eigenvalue weighted by atomic mass is 79.9. The van der Waals surface area contributed by atoms with Gasteiger partial charge in [-0.2, -0.15) is 11.3 Å². The van der Waals surface area contributed by atoms with Crippen molar-refractivity contribution < 1.29 is 9.18 Å². The zero-order chi connectivity index (χ0) is 10.8. The van der Waals surface area contributed by atoms with Crippen LogP contribution in [-0.4, -0.2) is 6.29 Å². The molecule has 1 aromatic carbocycles. The molecule has 0 bridgehead atoms. The average Bonchev–Trinajstić information content (AvgIpc) is 2.65. The largest absolute Gasteiger partial charge is 0.298 e. The number of hydrogen-bond acceptors (Lipinski definition) is 2. The van der Waals surface area contributed by atoms with Gasteiger partial charge < -0.3 is 0 Å². The molecule has 0 aliphatic heterocycles. The summed E-state index contributed by atoms with van der Waals surface area (Å²) in [4.78, 5) is 10.6. The normalized spacial score (nSPS) is 10.3. The molecule has 1 heterocycles. The molecule has 2 rings (SSSR count). The van der Waals surface area contributed by atoms with Crippen molar-refractivity contribution in [2.75, 3.05) is 0 Å². The number of thiophene rings is 1. The van der Waals surface area contributed by atoms with E-state index in [1.807, 2.05) is 10.8 Å². The van der Waals surface area contributed by atoms with Crippen LogP contribution in [0.1, 0.15) is 10.4 Å².